The average Bonchev–Trinajstić information content (AvgIpc) is 0.755. The Hall–Kier alpha value is -10.7. The molecule has 0 aromatic heterocycles. The molecular formula is C78H52B2N4OS. The van der Waals surface area contributed by atoms with Crippen molar-refractivity contribution in [2.24, 2.45) is 0 Å². The van der Waals surface area contributed by atoms with Crippen LogP contribution in [-0.2, 0) is 0 Å². The van der Waals surface area contributed by atoms with Gasteiger partial charge < -0.3 is 24.3 Å². The Labute approximate surface area is 506 Å². The molecule has 0 aliphatic carbocycles. The third-order valence-electron chi connectivity index (χ3n) is 17.5. The maximum absolute atomic E-state index is 7.31. The molecule has 0 spiro atoms. The van der Waals surface area contributed by atoms with E-state index >= 15 is 0 Å². The van der Waals surface area contributed by atoms with Crippen molar-refractivity contribution in [2.45, 2.75) is 9.79 Å². The van der Waals surface area contributed by atoms with Crippen LogP contribution >= 0.6 is 11.8 Å². The first-order valence-corrected chi connectivity index (χ1v) is 30.3. The predicted molar refractivity (Wildman–Crippen MR) is 362 cm³/mol. The van der Waals surface area contributed by atoms with Crippen LogP contribution in [0.4, 0.5) is 68.2 Å². The summed E-state index contributed by atoms with van der Waals surface area (Å²) in [5.41, 5.74) is 24.9. The molecule has 4 heterocycles. The summed E-state index contributed by atoms with van der Waals surface area (Å²) in [5, 5.41) is 0. The zero-order valence-electron chi connectivity index (χ0n) is 46.8. The van der Waals surface area contributed by atoms with Crippen molar-refractivity contribution in [3.63, 3.8) is 0 Å². The Kier molecular flexibility index (Phi) is 12.0. The van der Waals surface area contributed by atoms with Gasteiger partial charge in [0.1, 0.15) is 11.5 Å². The number of anilines is 12. The van der Waals surface area contributed by atoms with Crippen molar-refractivity contribution in [1.29, 1.82) is 0 Å². The van der Waals surface area contributed by atoms with E-state index in [4.69, 9.17) is 4.74 Å². The fraction of sp³-hybridized carbons (Fsp3) is 0. The Balaban J connectivity index is 0.972. The van der Waals surface area contributed by atoms with Gasteiger partial charge in [0.15, 0.2) is 0 Å². The number of hydrogen-bond acceptors (Lipinski definition) is 6. The summed E-state index contributed by atoms with van der Waals surface area (Å²) < 4.78 is 7.31. The Morgan fingerprint density at radius 2 is 0.779 bits per heavy atom. The Bertz CT molecular complexity index is 4710. The molecule has 17 rings (SSSR count). The van der Waals surface area contributed by atoms with Gasteiger partial charge in [0.2, 0.25) is 6.71 Å². The number of rotatable bonds is 10. The van der Waals surface area contributed by atoms with Crippen molar-refractivity contribution >= 4 is 126 Å². The third kappa shape index (κ3) is 8.12. The standard InChI is InChI=1S/C78H52B2N4OS/c1-7-27-53(28-8-1)61-39-19-23-43-67(61)82(57-35-15-5-16-36-57)60-48-72-78-76(50-60)86-75-46-26-22-42-64(75)80(78)65-51-66-70(52-69(65)83(72)58-37-17-6-18-38-58)84(68-44-24-20-40-62(68)54-29-9-2-10-30-54)71-47-59(49-74-77(71)79(66)63-41-21-25-45-73(63)85-74)81(55-31-11-3-12-32-55)56-33-13-4-14-34-56/h1-52H. The molecule has 0 bridgehead atoms. The number of nitrogens with zero attached hydrogens (tertiary/aromatic N) is 4. The number of benzene rings is 13. The van der Waals surface area contributed by atoms with Crippen LogP contribution in [0.3, 0.4) is 0 Å². The lowest BCUT2D eigenvalue weighted by atomic mass is 9.31. The summed E-state index contributed by atoms with van der Waals surface area (Å²) in [4.78, 5) is 12.4. The van der Waals surface area contributed by atoms with Gasteiger partial charge in [0.05, 0.1) is 17.1 Å². The number of ether oxygens (including phenoxy) is 1. The van der Waals surface area contributed by atoms with Crippen LogP contribution < -0.4 is 57.1 Å². The molecule has 5 nitrogen and oxygen atoms in total. The first-order valence-electron chi connectivity index (χ1n) is 29.5. The molecule has 0 radical (unpaired) electrons. The van der Waals surface area contributed by atoms with Gasteiger partial charge in [0, 0.05) is 78.2 Å². The maximum atomic E-state index is 7.31. The van der Waals surface area contributed by atoms with Gasteiger partial charge in [-0.3, -0.25) is 0 Å². The first kappa shape index (κ1) is 49.9. The molecule has 0 saturated carbocycles. The second-order valence-electron chi connectivity index (χ2n) is 22.3. The minimum Gasteiger partial charge on any atom is -0.458 e. The predicted octanol–water partition coefficient (Wildman–Crippen LogP) is 17.1. The minimum absolute atomic E-state index is 0.0952. The van der Waals surface area contributed by atoms with E-state index < -0.39 is 0 Å². The summed E-state index contributed by atoms with van der Waals surface area (Å²) >= 11 is 1.89. The van der Waals surface area contributed by atoms with Crippen molar-refractivity contribution in [3.8, 4) is 33.8 Å². The zero-order valence-corrected chi connectivity index (χ0v) is 47.6. The molecule has 13 aromatic rings. The van der Waals surface area contributed by atoms with Crippen molar-refractivity contribution in [1.82, 2.24) is 0 Å². The van der Waals surface area contributed by atoms with E-state index in [1.165, 1.54) is 31.6 Å². The quantitative estimate of drug-likeness (QED) is 0.126. The van der Waals surface area contributed by atoms with Gasteiger partial charge in [-0.2, -0.15) is 0 Å². The van der Waals surface area contributed by atoms with Gasteiger partial charge >= 0.3 is 0 Å². The lowest BCUT2D eigenvalue weighted by molar-refractivity contribution is 0.487. The molecule has 0 N–H and O–H groups in total. The number of fused-ring (bicyclic) bond motifs is 8. The highest BCUT2D eigenvalue weighted by Gasteiger charge is 2.47. The van der Waals surface area contributed by atoms with Gasteiger partial charge in [-0.1, -0.05) is 230 Å². The van der Waals surface area contributed by atoms with Crippen LogP contribution in [0, 0.1) is 0 Å². The van der Waals surface area contributed by atoms with Crippen LogP contribution in [0.25, 0.3) is 22.3 Å². The normalized spacial score (nSPS) is 12.8. The smallest absolute Gasteiger partial charge is 0.256 e. The molecule has 0 unspecified atom stereocenters. The highest BCUT2D eigenvalue weighted by molar-refractivity contribution is 8.00. The summed E-state index contributed by atoms with van der Waals surface area (Å²) in [6.07, 6.45) is 0. The molecule has 0 amide bonds. The number of para-hydroxylation sites is 7. The Morgan fingerprint density at radius 3 is 1.45 bits per heavy atom. The molecule has 4 aliphatic heterocycles. The lowest BCUT2D eigenvalue weighted by Crippen LogP contribution is -2.64. The van der Waals surface area contributed by atoms with E-state index in [0.29, 0.717) is 0 Å². The summed E-state index contributed by atoms with van der Waals surface area (Å²) in [6, 6.07) is 115. The molecule has 4 aliphatic rings. The summed E-state index contributed by atoms with van der Waals surface area (Å²) in [6.45, 7) is -0.269. The maximum Gasteiger partial charge on any atom is 0.256 e. The van der Waals surface area contributed by atoms with Crippen molar-refractivity contribution in [2.75, 3.05) is 19.6 Å². The highest BCUT2D eigenvalue weighted by Crippen LogP contribution is 2.52. The molecule has 8 heteroatoms. The molecule has 86 heavy (non-hydrogen) atoms. The molecule has 0 saturated heterocycles. The summed E-state index contributed by atoms with van der Waals surface area (Å²) in [5.74, 6) is 1.70. The van der Waals surface area contributed by atoms with E-state index in [1.807, 2.05) is 11.8 Å². The van der Waals surface area contributed by atoms with Crippen LogP contribution in [0.5, 0.6) is 11.5 Å². The van der Waals surface area contributed by atoms with Crippen LogP contribution in [0.15, 0.2) is 325 Å². The van der Waals surface area contributed by atoms with Gasteiger partial charge in [0.25, 0.3) is 6.71 Å². The highest BCUT2D eigenvalue weighted by atomic mass is 32.2. The Morgan fingerprint density at radius 1 is 0.291 bits per heavy atom. The first-order chi connectivity index (χ1) is 42.7. The topological polar surface area (TPSA) is 22.2 Å². The van der Waals surface area contributed by atoms with Crippen molar-refractivity contribution < 1.29 is 4.74 Å². The molecule has 0 fully saturated rings. The molecule has 13 aromatic carbocycles. The van der Waals surface area contributed by atoms with Gasteiger partial charge in [-0.05, 0) is 136 Å². The van der Waals surface area contributed by atoms with E-state index in [9.17, 15) is 0 Å². The van der Waals surface area contributed by atoms with E-state index in [1.54, 1.807) is 0 Å². The zero-order chi connectivity index (χ0) is 56.7. The van der Waals surface area contributed by atoms with Crippen LogP contribution in [-0.4, -0.2) is 13.4 Å². The molecular weight excluding hydrogens is 1060 g/mol. The summed E-state index contributed by atoms with van der Waals surface area (Å²) in [7, 11) is 0. The van der Waals surface area contributed by atoms with Crippen molar-refractivity contribution in [3.05, 3.63) is 315 Å². The van der Waals surface area contributed by atoms with E-state index in [-0.39, 0.29) is 13.4 Å². The minimum atomic E-state index is -0.174. The monoisotopic (exact) mass is 1110 g/mol. The largest absolute Gasteiger partial charge is 0.458 e. The SMILES string of the molecule is c1ccc(-c2ccccc2N(c2ccccc2)c2cc3c4c(c2)N(c2ccccc2)c2cc5c(cc2B4c2ccccc2S3)B2c3ccccc3Oc3cc(N(c4ccccc4)c4ccccc4)cc(c32)N5c2ccccc2-c2ccccc2)cc1. The van der Waals surface area contributed by atoms with Crippen LogP contribution in [0.2, 0.25) is 0 Å². The van der Waals surface area contributed by atoms with E-state index in [2.05, 4.69) is 335 Å². The second-order valence-corrected chi connectivity index (χ2v) is 23.4. The van der Waals surface area contributed by atoms with E-state index in [0.717, 1.165) is 113 Å². The van der Waals surface area contributed by atoms with Crippen LogP contribution in [0.1, 0.15) is 0 Å². The fourth-order valence-electron chi connectivity index (χ4n) is 13.9. The van der Waals surface area contributed by atoms with Gasteiger partial charge in [-0.25, -0.2) is 0 Å². The number of hydrogen-bond donors (Lipinski definition) is 0. The molecule has 0 atom stereocenters. The third-order valence-corrected chi connectivity index (χ3v) is 18.6. The molecule has 402 valence electrons. The second kappa shape index (κ2) is 20.6. The fourth-order valence-corrected chi connectivity index (χ4v) is 15.1. The lowest BCUT2D eigenvalue weighted by Gasteiger charge is -2.45. The average molecular weight is 1110 g/mol. The van der Waals surface area contributed by atoms with Gasteiger partial charge in [-0.15, -0.1) is 0 Å².